The molecule has 0 bridgehead atoms. The van der Waals surface area contributed by atoms with Crippen LogP contribution >= 0.6 is 0 Å². The smallest absolute Gasteiger partial charge is 0.325 e. The topological polar surface area (TPSA) is 75.3 Å². The van der Waals surface area contributed by atoms with Gasteiger partial charge in [0.15, 0.2) is 0 Å². The summed E-state index contributed by atoms with van der Waals surface area (Å²) in [5.41, 5.74) is 8.19. The molecule has 0 spiro atoms. The van der Waals surface area contributed by atoms with E-state index < -0.39 is 12.0 Å². The minimum absolute atomic E-state index is 0.584. The zero-order valence-corrected chi connectivity index (χ0v) is 7.66. The number of fused-ring (bicyclic) bond motifs is 1. The van der Waals surface area contributed by atoms with E-state index in [0.29, 0.717) is 12.2 Å². The van der Waals surface area contributed by atoms with Gasteiger partial charge in [-0.3, -0.25) is 4.79 Å². The number of rotatable bonds is 1. The Morgan fingerprint density at radius 1 is 1.57 bits per heavy atom. The van der Waals surface area contributed by atoms with Crippen LogP contribution in [0.5, 0.6) is 0 Å². The third-order valence-corrected chi connectivity index (χ3v) is 2.47. The first kappa shape index (κ1) is 9.02. The van der Waals surface area contributed by atoms with Crippen molar-refractivity contribution < 1.29 is 9.90 Å². The number of benzene rings is 1. The van der Waals surface area contributed by atoms with Gasteiger partial charge in [-0.15, -0.1) is 0 Å². The van der Waals surface area contributed by atoms with Crippen LogP contribution in [0.4, 0.5) is 5.69 Å². The summed E-state index contributed by atoms with van der Waals surface area (Å²) in [4.78, 5) is 10.9. The lowest BCUT2D eigenvalue weighted by molar-refractivity contribution is -0.139. The zero-order valence-electron chi connectivity index (χ0n) is 7.66. The van der Waals surface area contributed by atoms with Crippen LogP contribution in [0.25, 0.3) is 0 Å². The number of nitrogen functional groups attached to an aromatic ring is 1. The number of aliphatic carboxylic acids is 1. The molecular formula is C10H12N2O2. The molecule has 0 amide bonds. The molecule has 1 aromatic carbocycles. The van der Waals surface area contributed by atoms with Crippen molar-refractivity contribution in [3.05, 3.63) is 29.3 Å². The normalized spacial score (nSPS) is 20.1. The Bertz CT molecular complexity index is 376. The maximum atomic E-state index is 10.9. The molecular weight excluding hydrogens is 180 g/mol. The Morgan fingerprint density at radius 2 is 2.36 bits per heavy atom. The third kappa shape index (κ3) is 1.44. The SMILES string of the molecule is Nc1ccc2c(c1)CCN[C@H]2C(=O)O. The summed E-state index contributed by atoms with van der Waals surface area (Å²) < 4.78 is 0. The van der Waals surface area contributed by atoms with Crippen molar-refractivity contribution in [2.75, 3.05) is 12.3 Å². The fourth-order valence-corrected chi connectivity index (χ4v) is 1.81. The first-order valence-corrected chi connectivity index (χ1v) is 4.53. The second-order valence-corrected chi connectivity index (χ2v) is 3.43. The van der Waals surface area contributed by atoms with Crippen molar-refractivity contribution in [1.82, 2.24) is 5.32 Å². The number of nitrogens with two attached hydrogens (primary N) is 1. The molecule has 74 valence electrons. The van der Waals surface area contributed by atoms with E-state index in [9.17, 15) is 4.79 Å². The van der Waals surface area contributed by atoms with Gasteiger partial charge in [0.25, 0.3) is 0 Å². The highest BCUT2D eigenvalue weighted by molar-refractivity contribution is 5.77. The van der Waals surface area contributed by atoms with Crippen molar-refractivity contribution in [3.8, 4) is 0 Å². The third-order valence-electron chi connectivity index (χ3n) is 2.47. The van der Waals surface area contributed by atoms with Gasteiger partial charge in [0.1, 0.15) is 6.04 Å². The molecule has 4 nitrogen and oxygen atoms in total. The van der Waals surface area contributed by atoms with E-state index >= 15 is 0 Å². The van der Waals surface area contributed by atoms with Crippen LogP contribution in [0.1, 0.15) is 17.2 Å². The van der Waals surface area contributed by atoms with Gasteiger partial charge in [-0.05, 0) is 29.7 Å². The van der Waals surface area contributed by atoms with Gasteiger partial charge in [-0.1, -0.05) is 6.07 Å². The van der Waals surface area contributed by atoms with Crippen LogP contribution in [-0.2, 0) is 11.2 Å². The number of hydrogen-bond donors (Lipinski definition) is 3. The lowest BCUT2D eigenvalue weighted by Crippen LogP contribution is -2.34. The highest BCUT2D eigenvalue weighted by atomic mass is 16.4. The van der Waals surface area contributed by atoms with Crippen LogP contribution < -0.4 is 11.1 Å². The van der Waals surface area contributed by atoms with Gasteiger partial charge in [-0.25, -0.2) is 0 Å². The van der Waals surface area contributed by atoms with Crippen LogP contribution in [0, 0.1) is 0 Å². The second kappa shape index (κ2) is 3.31. The Labute approximate surface area is 81.7 Å². The number of carbonyl (C=O) groups is 1. The number of nitrogens with one attached hydrogen (secondary N) is 1. The van der Waals surface area contributed by atoms with Crippen LogP contribution in [-0.4, -0.2) is 17.6 Å². The van der Waals surface area contributed by atoms with Gasteiger partial charge in [-0.2, -0.15) is 0 Å². The summed E-state index contributed by atoms with van der Waals surface area (Å²) in [6.45, 7) is 0.688. The number of carboxylic acids is 1. The molecule has 1 aliphatic heterocycles. The molecule has 0 saturated carbocycles. The van der Waals surface area contributed by atoms with Crippen molar-refractivity contribution in [3.63, 3.8) is 0 Å². The van der Waals surface area contributed by atoms with Gasteiger partial charge in [0.2, 0.25) is 0 Å². The second-order valence-electron chi connectivity index (χ2n) is 3.43. The Hall–Kier alpha value is -1.55. The molecule has 0 aliphatic carbocycles. The number of carboxylic acid groups (broad SMARTS) is 1. The maximum Gasteiger partial charge on any atom is 0.325 e. The van der Waals surface area contributed by atoms with Crippen molar-refractivity contribution >= 4 is 11.7 Å². The molecule has 0 radical (unpaired) electrons. The van der Waals surface area contributed by atoms with Crippen molar-refractivity contribution in [2.45, 2.75) is 12.5 Å². The van der Waals surface area contributed by atoms with Crippen LogP contribution in [0.3, 0.4) is 0 Å². The number of anilines is 1. The molecule has 0 unspecified atom stereocenters. The standard InChI is InChI=1S/C10H12N2O2/c11-7-1-2-8-6(5-7)3-4-12-9(8)10(13)14/h1-2,5,9,12H,3-4,11H2,(H,13,14)/t9-/m1/s1. The molecule has 1 aromatic rings. The van der Waals surface area contributed by atoms with E-state index in [1.807, 2.05) is 6.07 Å². The molecule has 4 N–H and O–H groups in total. The quantitative estimate of drug-likeness (QED) is 0.568. The molecule has 1 heterocycles. The average Bonchev–Trinajstić information content (AvgIpc) is 2.16. The first-order valence-electron chi connectivity index (χ1n) is 4.53. The molecule has 0 saturated heterocycles. The van der Waals surface area contributed by atoms with Gasteiger partial charge in [0, 0.05) is 12.2 Å². The van der Waals surface area contributed by atoms with Crippen molar-refractivity contribution in [2.24, 2.45) is 0 Å². The minimum Gasteiger partial charge on any atom is -0.480 e. The van der Waals surface area contributed by atoms with E-state index in [-0.39, 0.29) is 0 Å². The van der Waals surface area contributed by atoms with Gasteiger partial charge in [0.05, 0.1) is 0 Å². The van der Waals surface area contributed by atoms with Crippen LogP contribution in [0.2, 0.25) is 0 Å². The lowest BCUT2D eigenvalue weighted by atomic mass is 9.94. The molecule has 4 heteroatoms. The molecule has 1 aliphatic rings. The van der Waals surface area contributed by atoms with E-state index in [0.717, 1.165) is 17.5 Å². The maximum absolute atomic E-state index is 10.9. The van der Waals surface area contributed by atoms with Gasteiger partial charge < -0.3 is 16.2 Å². The predicted octanol–water partition coefficient (Wildman–Crippen LogP) is 0.540. The molecule has 2 rings (SSSR count). The molecule has 14 heavy (non-hydrogen) atoms. The summed E-state index contributed by atoms with van der Waals surface area (Å²) in [5.74, 6) is -0.837. The molecule has 1 atom stereocenters. The number of hydrogen-bond acceptors (Lipinski definition) is 3. The highest BCUT2D eigenvalue weighted by Gasteiger charge is 2.25. The van der Waals surface area contributed by atoms with Crippen molar-refractivity contribution in [1.29, 1.82) is 0 Å². The van der Waals surface area contributed by atoms with Gasteiger partial charge >= 0.3 is 5.97 Å². The lowest BCUT2D eigenvalue weighted by Gasteiger charge is -2.23. The van der Waals surface area contributed by atoms with E-state index in [1.54, 1.807) is 12.1 Å². The average molecular weight is 192 g/mol. The Balaban J connectivity index is 2.44. The summed E-state index contributed by atoms with van der Waals surface area (Å²) in [5, 5.41) is 11.9. The predicted molar refractivity (Wildman–Crippen MR) is 52.9 cm³/mol. The largest absolute Gasteiger partial charge is 0.480 e. The fraction of sp³-hybridized carbons (Fsp3) is 0.300. The first-order chi connectivity index (χ1) is 6.68. The van der Waals surface area contributed by atoms with E-state index in [2.05, 4.69) is 5.32 Å². The van der Waals surface area contributed by atoms with Crippen LogP contribution in [0.15, 0.2) is 18.2 Å². The highest BCUT2D eigenvalue weighted by Crippen LogP contribution is 2.24. The summed E-state index contributed by atoms with van der Waals surface area (Å²) in [6, 6.07) is 4.79. The summed E-state index contributed by atoms with van der Waals surface area (Å²) >= 11 is 0. The fourth-order valence-electron chi connectivity index (χ4n) is 1.81. The molecule has 0 fully saturated rings. The Morgan fingerprint density at radius 3 is 3.07 bits per heavy atom. The van der Waals surface area contributed by atoms with E-state index in [1.165, 1.54) is 0 Å². The monoisotopic (exact) mass is 192 g/mol. The Kier molecular flexibility index (Phi) is 2.13. The summed E-state index contributed by atoms with van der Waals surface area (Å²) in [6.07, 6.45) is 0.837. The molecule has 0 aromatic heterocycles. The zero-order chi connectivity index (χ0) is 10.1. The van der Waals surface area contributed by atoms with E-state index in [4.69, 9.17) is 10.8 Å². The summed E-state index contributed by atoms with van der Waals surface area (Å²) in [7, 11) is 0. The minimum atomic E-state index is -0.837.